The summed E-state index contributed by atoms with van der Waals surface area (Å²) in [5.74, 6) is 0. The second kappa shape index (κ2) is 2.86. The van der Waals surface area contributed by atoms with Crippen molar-refractivity contribution in [3.63, 3.8) is 0 Å². The Morgan fingerprint density at radius 3 is 2.86 bits per heavy atom. The first-order valence-electron chi connectivity index (χ1n) is 4.04. The van der Waals surface area contributed by atoms with Gasteiger partial charge in [-0.25, -0.2) is 14.5 Å². The lowest BCUT2D eigenvalue weighted by Gasteiger charge is -1.84. The lowest BCUT2D eigenvalue weighted by Crippen LogP contribution is -1.78. The summed E-state index contributed by atoms with van der Waals surface area (Å²) in [5, 5.41) is 7.20. The highest BCUT2D eigenvalue weighted by Crippen LogP contribution is 2.21. The maximum Gasteiger partial charge on any atom is 0.212 e. The van der Waals surface area contributed by atoms with E-state index in [-0.39, 0.29) is 0 Å². The molecule has 0 saturated heterocycles. The molecular weight excluding hydrogens is 216 g/mol. The van der Waals surface area contributed by atoms with Crippen LogP contribution < -0.4 is 0 Å². The lowest BCUT2D eigenvalue weighted by molar-refractivity contribution is 0.974. The summed E-state index contributed by atoms with van der Waals surface area (Å²) in [7, 11) is 0. The molecule has 0 saturated carbocycles. The van der Waals surface area contributed by atoms with E-state index < -0.39 is 0 Å². The minimum atomic E-state index is 0.897. The van der Waals surface area contributed by atoms with Crippen molar-refractivity contribution in [1.29, 1.82) is 0 Å². The molecule has 0 spiro atoms. The van der Waals surface area contributed by atoms with Crippen LogP contribution in [0.5, 0.6) is 0 Å². The standard InChI is InChI=1S/C8H6N4S2/c1-5-10-7(3-13-5)6-2-12-8(11-6)14-4-9-12/h2-4H,1H3. The Morgan fingerprint density at radius 2 is 2.14 bits per heavy atom. The van der Waals surface area contributed by atoms with Crippen molar-refractivity contribution in [2.24, 2.45) is 0 Å². The first-order valence-corrected chi connectivity index (χ1v) is 5.80. The molecule has 0 atom stereocenters. The van der Waals surface area contributed by atoms with E-state index in [2.05, 4.69) is 15.1 Å². The molecule has 3 aromatic heterocycles. The van der Waals surface area contributed by atoms with Gasteiger partial charge in [0.05, 0.1) is 11.2 Å². The van der Waals surface area contributed by atoms with Gasteiger partial charge in [-0.05, 0) is 6.92 Å². The quantitative estimate of drug-likeness (QED) is 0.634. The Labute approximate surface area is 87.9 Å². The van der Waals surface area contributed by atoms with Gasteiger partial charge in [-0.2, -0.15) is 5.10 Å². The van der Waals surface area contributed by atoms with Crippen LogP contribution in [0.25, 0.3) is 16.3 Å². The number of aryl methyl sites for hydroxylation is 1. The zero-order valence-corrected chi connectivity index (χ0v) is 8.97. The molecule has 0 fully saturated rings. The minimum absolute atomic E-state index is 0.897. The van der Waals surface area contributed by atoms with Gasteiger partial charge in [0.2, 0.25) is 4.96 Å². The molecule has 0 amide bonds. The van der Waals surface area contributed by atoms with Gasteiger partial charge in [-0.15, -0.1) is 11.3 Å². The van der Waals surface area contributed by atoms with Crippen molar-refractivity contribution in [2.45, 2.75) is 6.92 Å². The molecule has 3 aromatic rings. The molecule has 0 aliphatic heterocycles. The van der Waals surface area contributed by atoms with Crippen molar-refractivity contribution in [3.8, 4) is 11.4 Å². The second-order valence-electron chi connectivity index (χ2n) is 2.84. The predicted molar refractivity (Wildman–Crippen MR) is 56.7 cm³/mol. The Balaban J connectivity index is 2.18. The van der Waals surface area contributed by atoms with Crippen molar-refractivity contribution in [2.75, 3.05) is 0 Å². The van der Waals surface area contributed by atoms with Crippen molar-refractivity contribution in [3.05, 3.63) is 22.1 Å². The van der Waals surface area contributed by atoms with Crippen LogP contribution in [0.15, 0.2) is 17.1 Å². The molecule has 3 heterocycles. The molecule has 0 N–H and O–H groups in total. The van der Waals surface area contributed by atoms with Gasteiger partial charge in [-0.1, -0.05) is 11.3 Å². The molecule has 14 heavy (non-hydrogen) atoms. The molecule has 3 rings (SSSR count). The topological polar surface area (TPSA) is 43.1 Å². The Kier molecular flexibility index (Phi) is 1.65. The van der Waals surface area contributed by atoms with Gasteiger partial charge in [0.15, 0.2) is 0 Å². The van der Waals surface area contributed by atoms with Gasteiger partial charge < -0.3 is 0 Å². The predicted octanol–water partition coefficient (Wildman–Crippen LogP) is 2.22. The third-order valence-corrected chi connectivity index (χ3v) is 3.33. The van der Waals surface area contributed by atoms with E-state index in [1.165, 1.54) is 11.3 Å². The first-order chi connectivity index (χ1) is 6.83. The molecular formula is C8H6N4S2. The first kappa shape index (κ1) is 8.07. The summed E-state index contributed by atoms with van der Waals surface area (Å²) in [6, 6.07) is 0. The highest BCUT2D eigenvalue weighted by atomic mass is 32.1. The van der Waals surface area contributed by atoms with Gasteiger partial charge in [-0.3, -0.25) is 0 Å². The van der Waals surface area contributed by atoms with Crippen molar-refractivity contribution in [1.82, 2.24) is 19.6 Å². The Morgan fingerprint density at radius 1 is 1.21 bits per heavy atom. The number of hydrogen-bond acceptors (Lipinski definition) is 5. The molecule has 0 aliphatic rings. The maximum atomic E-state index is 4.42. The van der Waals surface area contributed by atoms with Crippen molar-refractivity contribution >= 4 is 27.6 Å². The number of nitrogens with zero attached hydrogens (tertiary/aromatic N) is 4. The highest BCUT2D eigenvalue weighted by molar-refractivity contribution is 7.14. The lowest BCUT2D eigenvalue weighted by atomic mass is 10.4. The minimum Gasteiger partial charge on any atom is -0.240 e. The maximum absolute atomic E-state index is 4.42. The number of rotatable bonds is 1. The Hall–Kier alpha value is -1.27. The van der Waals surface area contributed by atoms with Gasteiger partial charge >= 0.3 is 0 Å². The summed E-state index contributed by atoms with van der Waals surface area (Å²) < 4.78 is 1.77. The van der Waals surface area contributed by atoms with E-state index in [9.17, 15) is 0 Å². The molecule has 4 nitrogen and oxygen atoms in total. The van der Waals surface area contributed by atoms with Crippen LogP contribution >= 0.6 is 22.7 Å². The number of hydrogen-bond donors (Lipinski definition) is 0. The SMILES string of the molecule is Cc1nc(-c2cn3ncsc3n2)cs1. The van der Waals surface area contributed by atoms with E-state index >= 15 is 0 Å². The summed E-state index contributed by atoms with van der Waals surface area (Å²) >= 11 is 3.16. The van der Waals surface area contributed by atoms with E-state index in [1.807, 2.05) is 18.5 Å². The molecule has 0 unspecified atom stereocenters. The van der Waals surface area contributed by atoms with Crippen LogP contribution in [0.1, 0.15) is 5.01 Å². The zero-order chi connectivity index (χ0) is 9.54. The monoisotopic (exact) mass is 222 g/mol. The van der Waals surface area contributed by atoms with Crippen LogP contribution in [-0.2, 0) is 0 Å². The van der Waals surface area contributed by atoms with Gasteiger partial charge in [0, 0.05) is 5.38 Å². The average molecular weight is 222 g/mol. The smallest absolute Gasteiger partial charge is 0.212 e. The van der Waals surface area contributed by atoms with Gasteiger partial charge in [0.1, 0.15) is 16.9 Å². The van der Waals surface area contributed by atoms with Crippen LogP contribution in [0.2, 0.25) is 0 Å². The zero-order valence-electron chi connectivity index (χ0n) is 7.34. The summed E-state index contributed by atoms with van der Waals surface area (Å²) in [4.78, 5) is 9.70. The fourth-order valence-corrected chi connectivity index (χ4v) is 2.45. The van der Waals surface area contributed by atoms with E-state index in [4.69, 9.17) is 0 Å². The number of imidazole rings is 1. The summed E-state index contributed by atoms with van der Waals surface area (Å²) in [6.45, 7) is 1.99. The molecule has 0 aliphatic carbocycles. The molecule has 0 bridgehead atoms. The molecule has 6 heteroatoms. The number of aromatic nitrogens is 4. The molecule has 70 valence electrons. The van der Waals surface area contributed by atoms with E-state index in [0.29, 0.717) is 0 Å². The normalized spacial score (nSPS) is 11.2. The third kappa shape index (κ3) is 1.15. The number of fused-ring (bicyclic) bond motifs is 1. The van der Waals surface area contributed by atoms with E-state index in [1.54, 1.807) is 21.4 Å². The van der Waals surface area contributed by atoms with Crippen LogP contribution in [0.3, 0.4) is 0 Å². The summed E-state index contributed by atoms with van der Waals surface area (Å²) in [5.41, 5.74) is 3.61. The van der Waals surface area contributed by atoms with Crippen LogP contribution in [0.4, 0.5) is 0 Å². The van der Waals surface area contributed by atoms with E-state index in [0.717, 1.165) is 21.4 Å². The molecule has 0 radical (unpaired) electrons. The van der Waals surface area contributed by atoms with Gasteiger partial charge in [0.25, 0.3) is 0 Å². The largest absolute Gasteiger partial charge is 0.240 e. The van der Waals surface area contributed by atoms with Crippen LogP contribution in [-0.4, -0.2) is 19.6 Å². The number of thiazole rings is 1. The average Bonchev–Trinajstić information content (AvgIpc) is 2.75. The third-order valence-electron chi connectivity index (χ3n) is 1.87. The fraction of sp³-hybridized carbons (Fsp3) is 0.125. The van der Waals surface area contributed by atoms with Crippen molar-refractivity contribution < 1.29 is 0 Å². The second-order valence-corrected chi connectivity index (χ2v) is 4.72. The fourth-order valence-electron chi connectivity index (χ4n) is 1.24. The van der Waals surface area contributed by atoms with Crippen LogP contribution in [0, 0.1) is 6.92 Å². The Bertz CT molecular complexity index is 548. The molecule has 0 aromatic carbocycles. The highest BCUT2D eigenvalue weighted by Gasteiger charge is 2.08. The summed E-state index contributed by atoms with van der Waals surface area (Å²) in [6.07, 6.45) is 1.90.